The van der Waals surface area contributed by atoms with Crippen LogP contribution in [0.1, 0.15) is 57.8 Å². The average molecular weight is 412 g/mol. The van der Waals surface area contributed by atoms with Crippen LogP contribution in [0.15, 0.2) is 0 Å². The summed E-state index contributed by atoms with van der Waals surface area (Å²) >= 11 is 0. The SMILES string of the molecule is O=C([O-])CCCCCC(C(=O)[O-])(N1C(=O)CCC1=O)N1C(=O)CCC1=O.[Na+].[Na+]. The molecule has 0 radical (unpaired) electrons. The van der Waals surface area contributed by atoms with Crippen LogP contribution in [0.2, 0.25) is 0 Å². The van der Waals surface area contributed by atoms with Gasteiger partial charge in [-0.3, -0.25) is 29.0 Å². The molecule has 2 fully saturated rings. The van der Waals surface area contributed by atoms with E-state index in [2.05, 4.69) is 0 Å². The number of amides is 4. The van der Waals surface area contributed by atoms with Crippen LogP contribution < -0.4 is 69.3 Å². The number of hydrogen-bond acceptors (Lipinski definition) is 8. The van der Waals surface area contributed by atoms with Gasteiger partial charge in [-0.15, -0.1) is 0 Å². The van der Waals surface area contributed by atoms with Crippen molar-refractivity contribution in [2.24, 2.45) is 0 Å². The molecular formula is C16H18N2Na2O8. The first kappa shape index (κ1) is 27.2. The number of imide groups is 2. The van der Waals surface area contributed by atoms with Gasteiger partial charge in [-0.1, -0.05) is 6.42 Å². The summed E-state index contributed by atoms with van der Waals surface area (Å²) < 4.78 is 0. The van der Waals surface area contributed by atoms with Gasteiger partial charge < -0.3 is 19.8 Å². The molecule has 2 aliphatic heterocycles. The number of carboxylic acid groups (broad SMARTS) is 2. The number of hydrogen-bond donors (Lipinski definition) is 0. The monoisotopic (exact) mass is 412 g/mol. The summed E-state index contributed by atoms with van der Waals surface area (Å²) in [5.74, 6) is -6.30. The van der Waals surface area contributed by atoms with Crippen molar-refractivity contribution in [3.63, 3.8) is 0 Å². The summed E-state index contributed by atoms with van der Waals surface area (Å²) in [5, 5.41) is 22.5. The van der Waals surface area contributed by atoms with Gasteiger partial charge in [-0.05, 0) is 25.7 Å². The summed E-state index contributed by atoms with van der Waals surface area (Å²) in [6.07, 6.45) is -0.994. The smallest absolute Gasteiger partial charge is 0.550 e. The molecule has 28 heavy (non-hydrogen) atoms. The zero-order valence-corrected chi connectivity index (χ0v) is 20.0. The van der Waals surface area contributed by atoms with Crippen molar-refractivity contribution in [3.05, 3.63) is 0 Å². The van der Waals surface area contributed by atoms with Crippen LogP contribution in [0.5, 0.6) is 0 Å². The Kier molecular flexibility index (Phi) is 11.1. The number of rotatable bonds is 9. The van der Waals surface area contributed by atoms with Gasteiger partial charge >= 0.3 is 59.1 Å². The second-order valence-electron chi connectivity index (χ2n) is 6.28. The molecule has 0 spiro atoms. The fourth-order valence-corrected chi connectivity index (χ4v) is 3.40. The molecule has 0 aromatic carbocycles. The predicted molar refractivity (Wildman–Crippen MR) is 78.0 cm³/mol. The first-order chi connectivity index (χ1) is 12.2. The van der Waals surface area contributed by atoms with E-state index in [4.69, 9.17) is 0 Å². The summed E-state index contributed by atoms with van der Waals surface area (Å²) in [7, 11) is 0. The van der Waals surface area contributed by atoms with Gasteiger partial charge in [-0.2, -0.15) is 0 Å². The molecule has 2 saturated heterocycles. The first-order valence-electron chi connectivity index (χ1n) is 8.35. The third kappa shape index (κ3) is 5.43. The Morgan fingerprint density at radius 2 is 1.14 bits per heavy atom. The van der Waals surface area contributed by atoms with E-state index >= 15 is 0 Å². The molecule has 2 heterocycles. The number of nitrogens with zero attached hydrogens (tertiary/aromatic N) is 2. The van der Waals surface area contributed by atoms with Crippen molar-refractivity contribution in [3.8, 4) is 0 Å². The minimum absolute atomic E-state index is 0. The summed E-state index contributed by atoms with van der Waals surface area (Å²) in [4.78, 5) is 72.1. The minimum Gasteiger partial charge on any atom is -0.550 e. The number of unbranched alkanes of at least 4 members (excludes halogenated alkanes) is 2. The van der Waals surface area contributed by atoms with Crippen molar-refractivity contribution in [1.82, 2.24) is 9.80 Å². The molecule has 2 rings (SSSR count). The largest absolute Gasteiger partial charge is 1.00 e. The summed E-state index contributed by atoms with van der Waals surface area (Å²) in [6.45, 7) is 0. The van der Waals surface area contributed by atoms with Crippen molar-refractivity contribution in [2.75, 3.05) is 0 Å². The van der Waals surface area contributed by atoms with Crippen LogP contribution in [-0.2, 0) is 28.8 Å². The number of aliphatic carboxylic acids is 2. The van der Waals surface area contributed by atoms with Gasteiger partial charge in [-0.25, -0.2) is 0 Å². The Bertz CT molecular complexity index is 614. The Hall–Kier alpha value is -0.780. The number of carbonyl (C=O) groups excluding carboxylic acids is 6. The Balaban J connectivity index is 0.00000364. The zero-order chi connectivity index (χ0) is 19.5. The van der Waals surface area contributed by atoms with E-state index in [1.165, 1.54) is 0 Å². The van der Waals surface area contributed by atoms with Gasteiger partial charge in [0.25, 0.3) is 0 Å². The first-order valence-corrected chi connectivity index (χ1v) is 8.35. The number of carboxylic acids is 2. The minimum atomic E-state index is -2.50. The molecular weight excluding hydrogens is 394 g/mol. The second kappa shape index (κ2) is 11.4. The van der Waals surface area contributed by atoms with Gasteiger partial charge in [0.05, 0.1) is 5.97 Å². The molecule has 0 unspecified atom stereocenters. The Labute approximate surface area is 205 Å². The fourth-order valence-electron chi connectivity index (χ4n) is 3.40. The van der Waals surface area contributed by atoms with Crippen molar-refractivity contribution >= 4 is 35.6 Å². The second-order valence-corrected chi connectivity index (χ2v) is 6.28. The van der Waals surface area contributed by atoms with Gasteiger partial charge in [0.2, 0.25) is 23.6 Å². The van der Waals surface area contributed by atoms with E-state index in [0.29, 0.717) is 9.80 Å². The van der Waals surface area contributed by atoms with E-state index in [1.807, 2.05) is 0 Å². The van der Waals surface area contributed by atoms with Gasteiger partial charge in [0, 0.05) is 31.7 Å². The summed E-state index contributed by atoms with van der Waals surface area (Å²) in [6, 6.07) is 0. The number of carbonyl (C=O) groups is 6. The van der Waals surface area contributed by atoms with Crippen LogP contribution in [0, 0.1) is 0 Å². The van der Waals surface area contributed by atoms with Crippen molar-refractivity contribution in [2.45, 2.75) is 63.5 Å². The number of likely N-dealkylation sites (tertiary alicyclic amines) is 2. The van der Waals surface area contributed by atoms with Crippen LogP contribution in [0.25, 0.3) is 0 Å². The third-order valence-corrected chi connectivity index (χ3v) is 4.58. The molecule has 142 valence electrons. The normalized spacial score (nSPS) is 16.9. The van der Waals surface area contributed by atoms with Crippen LogP contribution in [0.3, 0.4) is 0 Å². The maximum atomic E-state index is 12.2. The molecule has 0 bridgehead atoms. The van der Waals surface area contributed by atoms with Gasteiger partial charge in [0.1, 0.15) is 0 Å². The Morgan fingerprint density at radius 1 is 0.750 bits per heavy atom. The zero-order valence-electron chi connectivity index (χ0n) is 16.0. The van der Waals surface area contributed by atoms with Crippen molar-refractivity contribution < 1.29 is 98.1 Å². The quantitative estimate of drug-likeness (QED) is 0.205. The Morgan fingerprint density at radius 3 is 1.46 bits per heavy atom. The molecule has 0 aliphatic carbocycles. The molecule has 0 N–H and O–H groups in total. The van der Waals surface area contributed by atoms with Crippen LogP contribution in [0.4, 0.5) is 0 Å². The van der Waals surface area contributed by atoms with Crippen molar-refractivity contribution in [1.29, 1.82) is 0 Å². The molecule has 0 saturated carbocycles. The topological polar surface area (TPSA) is 155 Å². The third-order valence-electron chi connectivity index (χ3n) is 4.58. The fraction of sp³-hybridized carbons (Fsp3) is 0.625. The van der Waals surface area contributed by atoms with E-state index < -0.39 is 47.7 Å². The maximum Gasteiger partial charge on any atom is 1.00 e. The van der Waals surface area contributed by atoms with Crippen LogP contribution in [-0.4, -0.2) is 51.0 Å². The molecule has 10 nitrogen and oxygen atoms in total. The van der Waals surface area contributed by atoms with E-state index in [1.54, 1.807) is 0 Å². The summed E-state index contributed by atoms with van der Waals surface area (Å²) in [5.41, 5.74) is -2.50. The van der Waals surface area contributed by atoms with E-state index in [0.717, 1.165) is 0 Å². The molecule has 2 aliphatic rings. The molecule has 0 atom stereocenters. The molecule has 0 aromatic rings. The average Bonchev–Trinajstić information content (AvgIpc) is 3.06. The standard InChI is InChI=1S/C16H20N2O8.2Na/c19-10-5-6-11(20)17(10)16(15(25)26,9-3-1-2-4-14(23)24)18-12(21)7-8-13(18)22;;/h1-9H2,(H,23,24)(H,25,26);;/q;2*+1/p-2. The molecule has 0 aromatic heterocycles. The van der Waals surface area contributed by atoms with E-state index in [-0.39, 0.29) is 110 Å². The molecule has 4 amide bonds. The maximum absolute atomic E-state index is 12.2. The van der Waals surface area contributed by atoms with Crippen LogP contribution >= 0.6 is 0 Å². The predicted octanol–water partition coefficient (Wildman–Crippen LogP) is -8.56. The van der Waals surface area contributed by atoms with Gasteiger partial charge in [0.15, 0.2) is 5.66 Å². The van der Waals surface area contributed by atoms with E-state index in [9.17, 15) is 39.0 Å². The molecule has 12 heteroatoms.